The summed E-state index contributed by atoms with van der Waals surface area (Å²) in [6.07, 6.45) is 2.88. The second-order valence-corrected chi connectivity index (χ2v) is 5.48. The van der Waals surface area contributed by atoms with Crippen LogP contribution >= 0.6 is 0 Å². The van der Waals surface area contributed by atoms with Crippen LogP contribution in [0, 0.1) is 11.3 Å². The molecular formula is C17H13NO3. The van der Waals surface area contributed by atoms with E-state index >= 15 is 0 Å². The zero-order valence-corrected chi connectivity index (χ0v) is 11.6. The third-order valence-electron chi connectivity index (χ3n) is 4.44. The van der Waals surface area contributed by atoms with Gasteiger partial charge in [-0.05, 0) is 31.0 Å². The highest BCUT2D eigenvalue weighted by Crippen LogP contribution is 2.52. The van der Waals surface area contributed by atoms with E-state index in [1.165, 1.54) is 0 Å². The van der Waals surface area contributed by atoms with Gasteiger partial charge in [-0.3, -0.25) is 4.79 Å². The van der Waals surface area contributed by atoms with E-state index in [4.69, 9.17) is 14.4 Å². The summed E-state index contributed by atoms with van der Waals surface area (Å²) in [4.78, 5) is 12.7. The quantitative estimate of drug-likeness (QED) is 0.803. The average molecular weight is 279 g/mol. The van der Waals surface area contributed by atoms with Crippen LogP contribution in [-0.2, 0) is 4.74 Å². The van der Waals surface area contributed by atoms with Crippen LogP contribution in [0.25, 0.3) is 16.5 Å². The van der Waals surface area contributed by atoms with Crippen LogP contribution in [0.4, 0.5) is 0 Å². The zero-order valence-electron chi connectivity index (χ0n) is 11.6. The first-order valence-corrected chi connectivity index (χ1v) is 7.03. The molecule has 0 spiro atoms. The number of nitriles is 1. The Labute approximate surface area is 121 Å². The summed E-state index contributed by atoms with van der Waals surface area (Å²) < 4.78 is 11.4. The molecule has 0 bridgehead atoms. The van der Waals surface area contributed by atoms with Crippen LogP contribution in [0.3, 0.4) is 0 Å². The van der Waals surface area contributed by atoms with E-state index in [1.54, 1.807) is 25.3 Å². The zero-order chi connectivity index (χ0) is 14.6. The van der Waals surface area contributed by atoms with Crippen molar-refractivity contribution in [1.82, 2.24) is 0 Å². The normalized spacial score (nSPS) is 19.5. The van der Waals surface area contributed by atoms with Crippen molar-refractivity contribution in [2.45, 2.75) is 25.2 Å². The van der Waals surface area contributed by atoms with Gasteiger partial charge in [-0.25, -0.2) is 0 Å². The Balaban J connectivity index is 2.04. The SMILES string of the molecule is COC1=C2c3oc4ccc(C#N)cc4c(=O)c3C2CCC1. The summed E-state index contributed by atoms with van der Waals surface area (Å²) in [7, 11) is 1.67. The summed E-state index contributed by atoms with van der Waals surface area (Å²) in [6.45, 7) is 0. The number of hydrogen-bond acceptors (Lipinski definition) is 4. The Morgan fingerprint density at radius 1 is 1.43 bits per heavy atom. The highest BCUT2D eigenvalue weighted by atomic mass is 16.5. The molecule has 1 heterocycles. The lowest BCUT2D eigenvalue weighted by molar-refractivity contribution is 0.263. The number of fused-ring (bicyclic) bond motifs is 5. The minimum atomic E-state index is -0.00514. The van der Waals surface area contributed by atoms with E-state index in [0.29, 0.717) is 22.3 Å². The van der Waals surface area contributed by atoms with Crippen LogP contribution in [-0.4, -0.2) is 7.11 Å². The molecule has 4 nitrogen and oxygen atoms in total. The molecule has 0 saturated carbocycles. The van der Waals surface area contributed by atoms with Gasteiger partial charge in [0.15, 0.2) is 5.43 Å². The first-order valence-electron chi connectivity index (χ1n) is 7.03. The van der Waals surface area contributed by atoms with Crippen molar-refractivity contribution in [3.8, 4) is 6.07 Å². The molecule has 104 valence electrons. The molecule has 2 aliphatic rings. The first kappa shape index (κ1) is 12.2. The molecule has 0 N–H and O–H groups in total. The molecular weight excluding hydrogens is 266 g/mol. The number of hydrogen-bond donors (Lipinski definition) is 0. The van der Waals surface area contributed by atoms with Gasteiger partial charge in [0.1, 0.15) is 17.1 Å². The molecule has 4 heteroatoms. The van der Waals surface area contributed by atoms with E-state index in [9.17, 15) is 4.79 Å². The fraction of sp³-hybridized carbons (Fsp3) is 0.294. The smallest absolute Gasteiger partial charge is 0.197 e. The first-order chi connectivity index (χ1) is 10.2. The molecule has 0 amide bonds. The maximum absolute atomic E-state index is 12.7. The predicted octanol–water partition coefficient (Wildman–Crippen LogP) is 3.30. The summed E-state index contributed by atoms with van der Waals surface area (Å²) >= 11 is 0. The molecule has 2 aliphatic carbocycles. The third kappa shape index (κ3) is 1.52. The lowest BCUT2D eigenvalue weighted by Crippen LogP contribution is -2.29. The summed E-state index contributed by atoms with van der Waals surface area (Å²) in [5, 5.41) is 9.47. The van der Waals surface area contributed by atoms with Crippen molar-refractivity contribution in [3.05, 3.63) is 51.1 Å². The van der Waals surface area contributed by atoms with Crippen molar-refractivity contribution in [1.29, 1.82) is 5.26 Å². The summed E-state index contributed by atoms with van der Waals surface area (Å²) in [5.41, 5.74) is 2.81. The van der Waals surface area contributed by atoms with Crippen LogP contribution in [0.1, 0.15) is 42.1 Å². The number of methoxy groups -OCH3 is 1. The fourth-order valence-corrected chi connectivity index (χ4v) is 3.44. The highest BCUT2D eigenvalue weighted by molar-refractivity contribution is 5.89. The van der Waals surface area contributed by atoms with E-state index in [1.807, 2.05) is 0 Å². The Morgan fingerprint density at radius 2 is 2.29 bits per heavy atom. The monoisotopic (exact) mass is 279 g/mol. The van der Waals surface area contributed by atoms with Gasteiger partial charge in [0, 0.05) is 17.9 Å². The van der Waals surface area contributed by atoms with Gasteiger partial charge in [0.2, 0.25) is 0 Å². The summed E-state index contributed by atoms with van der Waals surface area (Å²) in [6, 6.07) is 7.04. The van der Waals surface area contributed by atoms with E-state index in [-0.39, 0.29) is 11.3 Å². The highest BCUT2D eigenvalue weighted by Gasteiger charge is 2.42. The molecule has 1 atom stereocenters. The predicted molar refractivity (Wildman–Crippen MR) is 77.7 cm³/mol. The van der Waals surface area contributed by atoms with Gasteiger partial charge in [-0.1, -0.05) is 0 Å². The van der Waals surface area contributed by atoms with Crippen LogP contribution in [0.5, 0.6) is 0 Å². The maximum Gasteiger partial charge on any atom is 0.197 e. The lowest BCUT2D eigenvalue weighted by atomic mass is 9.70. The van der Waals surface area contributed by atoms with E-state index in [0.717, 1.165) is 36.2 Å². The molecule has 0 radical (unpaired) electrons. The van der Waals surface area contributed by atoms with E-state index < -0.39 is 0 Å². The third-order valence-corrected chi connectivity index (χ3v) is 4.44. The number of allylic oxidation sites excluding steroid dienone is 2. The minimum Gasteiger partial charge on any atom is -0.501 e. The van der Waals surface area contributed by atoms with Crippen molar-refractivity contribution >= 4 is 16.5 Å². The second kappa shape index (κ2) is 4.23. The lowest BCUT2D eigenvalue weighted by Gasteiger charge is -2.36. The van der Waals surface area contributed by atoms with Crippen LogP contribution < -0.4 is 5.43 Å². The largest absolute Gasteiger partial charge is 0.501 e. The molecule has 21 heavy (non-hydrogen) atoms. The second-order valence-electron chi connectivity index (χ2n) is 5.48. The minimum absolute atomic E-state index is 0.00514. The molecule has 1 aromatic heterocycles. The van der Waals surface area contributed by atoms with Gasteiger partial charge in [0.05, 0.1) is 29.7 Å². The maximum atomic E-state index is 12.7. The molecule has 0 aliphatic heterocycles. The van der Waals surface area contributed by atoms with Crippen molar-refractivity contribution < 1.29 is 9.15 Å². The molecule has 1 unspecified atom stereocenters. The van der Waals surface area contributed by atoms with Gasteiger partial charge < -0.3 is 9.15 Å². The number of rotatable bonds is 1. The van der Waals surface area contributed by atoms with Gasteiger partial charge >= 0.3 is 0 Å². The van der Waals surface area contributed by atoms with Gasteiger partial charge in [0.25, 0.3) is 0 Å². The van der Waals surface area contributed by atoms with Crippen molar-refractivity contribution in [2.75, 3.05) is 7.11 Å². The number of nitrogens with zero attached hydrogens (tertiary/aromatic N) is 1. The number of benzene rings is 1. The molecule has 1 aromatic carbocycles. The van der Waals surface area contributed by atoms with Crippen LogP contribution in [0.2, 0.25) is 0 Å². The van der Waals surface area contributed by atoms with Gasteiger partial charge in [-0.15, -0.1) is 0 Å². The Bertz CT molecular complexity index is 899. The Morgan fingerprint density at radius 3 is 3.05 bits per heavy atom. The molecule has 2 aromatic rings. The molecule has 0 fully saturated rings. The molecule has 4 rings (SSSR count). The van der Waals surface area contributed by atoms with Gasteiger partial charge in [-0.2, -0.15) is 5.26 Å². The van der Waals surface area contributed by atoms with Crippen molar-refractivity contribution in [3.63, 3.8) is 0 Å². The number of ether oxygens (including phenoxy) is 1. The van der Waals surface area contributed by atoms with Crippen molar-refractivity contribution in [2.24, 2.45) is 0 Å². The summed E-state index contributed by atoms with van der Waals surface area (Å²) in [5.74, 6) is 1.75. The Hall–Kier alpha value is -2.54. The molecule has 0 saturated heterocycles. The standard InChI is InChI=1S/C17H13NO3/c1-20-13-4-2-3-10-14(13)17-15(10)16(19)11-7-9(8-18)5-6-12(11)21-17/h5-7,10H,2-4H2,1H3. The topological polar surface area (TPSA) is 63.2 Å². The Kier molecular flexibility index (Phi) is 2.46. The van der Waals surface area contributed by atoms with Crippen LogP contribution in [0.15, 0.2) is 33.2 Å². The fourth-order valence-electron chi connectivity index (χ4n) is 3.44. The average Bonchev–Trinajstić information content (AvgIpc) is 2.51. The van der Waals surface area contributed by atoms with E-state index in [2.05, 4.69) is 6.07 Å².